The number of ketones is 1. The van der Waals surface area contributed by atoms with E-state index in [0.29, 0.717) is 40.0 Å². The average Bonchev–Trinajstić information content (AvgIpc) is 3.43. The van der Waals surface area contributed by atoms with Crippen molar-refractivity contribution in [2.75, 3.05) is 25.2 Å². The van der Waals surface area contributed by atoms with Crippen LogP contribution in [-0.4, -0.2) is 47.3 Å². The van der Waals surface area contributed by atoms with Crippen molar-refractivity contribution in [2.24, 2.45) is 0 Å². The number of rotatable bonds is 9. The molecule has 186 valence electrons. The van der Waals surface area contributed by atoms with Crippen LogP contribution in [0.2, 0.25) is 0 Å². The molecule has 1 aliphatic heterocycles. The number of anilines is 1. The molecular weight excluding hydrogens is 482 g/mol. The van der Waals surface area contributed by atoms with Crippen LogP contribution in [0.3, 0.4) is 0 Å². The first-order chi connectivity index (χ1) is 17.4. The third-order valence-electron chi connectivity index (χ3n) is 5.47. The molecule has 0 bridgehead atoms. The van der Waals surface area contributed by atoms with Gasteiger partial charge in [0.1, 0.15) is 23.1 Å². The van der Waals surface area contributed by atoms with E-state index in [4.69, 9.17) is 14.2 Å². The van der Waals surface area contributed by atoms with Crippen LogP contribution in [-0.2, 0) is 9.59 Å². The number of hydrogen-bond donors (Lipinski definition) is 1. The van der Waals surface area contributed by atoms with Crippen LogP contribution in [0.15, 0.2) is 60.7 Å². The van der Waals surface area contributed by atoms with Crippen molar-refractivity contribution < 1.29 is 28.9 Å². The first-order valence-electron chi connectivity index (χ1n) is 11.2. The predicted molar refractivity (Wildman–Crippen MR) is 136 cm³/mol. The number of aliphatic hydroxyl groups excluding tert-OH is 1. The van der Waals surface area contributed by atoms with Gasteiger partial charge in [0.15, 0.2) is 11.5 Å². The minimum atomic E-state index is -0.966. The van der Waals surface area contributed by atoms with Crippen molar-refractivity contribution in [1.29, 1.82) is 0 Å². The summed E-state index contributed by atoms with van der Waals surface area (Å²) < 4.78 is 16.7. The largest absolute Gasteiger partial charge is 0.507 e. The standard InChI is InChI=1S/C26H25N3O6S/c1-5-13-35-19-12-9-17(14-20(19)34-6-2)22-21(23(30)16-7-10-18(33-4)11-8-16)24(31)25(32)29(22)26-28-27-15(3)36-26/h5,7-12,14,22,30H,1,6,13H2,2-4H3/b23-21+. The Hall–Kier alpha value is -4.18. The molecule has 0 radical (unpaired) electrons. The van der Waals surface area contributed by atoms with Crippen molar-refractivity contribution >= 4 is 33.9 Å². The van der Waals surface area contributed by atoms with E-state index in [1.165, 1.54) is 23.3 Å². The highest BCUT2D eigenvalue weighted by Gasteiger charge is 2.48. The lowest BCUT2D eigenvalue weighted by Crippen LogP contribution is -2.29. The van der Waals surface area contributed by atoms with Gasteiger partial charge in [-0.25, -0.2) is 0 Å². The molecule has 1 fully saturated rings. The number of amides is 1. The number of hydrogen-bond acceptors (Lipinski definition) is 9. The minimum Gasteiger partial charge on any atom is -0.507 e. The van der Waals surface area contributed by atoms with Crippen molar-refractivity contribution in [2.45, 2.75) is 19.9 Å². The van der Waals surface area contributed by atoms with Gasteiger partial charge >= 0.3 is 5.91 Å². The first-order valence-corrected chi connectivity index (χ1v) is 12.0. The van der Waals surface area contributed by atoms with Gasteiger partial charge < -0.3 is 19.3 Å². The summed E-state index contributed by atoms with van der Waals surface area (Å²) in [5.74, 6) is -0.444. The van der Waals surface area contributed by atoms with Crippen molar-refractivity contribution in [3.05, 3.63) is 76.8 Å². The van der Waals surface area contributed by atoms with E-state index in [9.17, 15) is 14.7 Å². The molecule has 1 N–H and O–H groups in total. The highest BCUT2D eigenvalue weighted by Crippen LogP contribution is 2.44. The Kier molecular flexibility index (Phi) is 7.35. The third-order valence-corrected chi connectivity index (χ3v) is 6.31. The summed E-state index contributed by atoms with van der Waals surface area (Å²) in [5, 5.41) is 20.2. The molecule has 1 aliphatic rings. The predicted octanol–water partition coefficient (Wildman–Crippen LogP) is 4.44. The maximum absolute atomic E-state index is 13.3. The number of ether oxygens (including phenoxy) is 3. The quantitative estimate of drug-likeness (QED) is 0.196. The van der Waals surface area contributed by atoms with E-state index in [1.54, 1.807) is 55.5 Å². The molecule has 2 aromatic carbocycles. The molecule has 0 spiro atoms. The molecule has 3 aromatic rings. The van der Waals surface area contributed by atoms with Gasteiger partial charge in [-0.15, -0.1) is 10.2 Å². The summed E-state index contributed by atoms with van der Waals surface area (Å²) in [5.41, 5.74) is 0.829. The monoisotopic (exact) mass is 507 g/mol. The summed E-state index contributed by atoms with van der Waals surface area (Å²) in [6.07, 6.45) is 1.62. The number of carbonyl (C=O) groups is 2. The zero-order chi connectivity index (χ0) is 25.8. The van der Waals surface area contributed by atoms with Gasteiger partial charge in [0.2, 0.25) is 5.13 Å². The maximum Gasteiger partial charge on any atom is 0.301 e. The summed E-state index contributed by atoms with van der Waals surface area (Å²) in [7, 11) is 1.53. The molecule has 0 saturated carbocycles. The summed E-state index contributed by atoms with van der Waals surface area (Å²) in [6.45, 7) is 7.90. The molecule has 0 aliphatic carbocycles. The second-order valence-electron chi connectivity index (χ2n) is 7.74. The highest BCUT2D eigenvalue weighted by molar-refractivity contribution is 7.15. The molecule has 2 heterocycles. The van der Waals surface area contributed by atoms with Crippen LogP contribution in [0, 0.1) is 6.92 Å². The van der Waals surface area contributed by atoms with Gasteiger partial charge in [-0.3, -0.25) is 14.5 Å². The fraction of sp³-hybridized carbons (Fsp3) is 0.231. The van der Waals surface area contributed by atoms with Crippen molar-refractivity contribution in [3.8, 4) is 17.2 Å². The molecule has 1 aromatic heterocycles. The molecule has 1 amide bonds. The topological polar surface area (TPSA) is 111 Å². The molecule has 9 nitrogen and oxygen atoms in total. The Morgan fingerprint density at radius 2 is 1.89 bits per heavy atom. The van der Waals surface area contributed by atoms with Crippen LogP contribution < -0.4 is 19.1 Å². The Morgan fingerprint density at radius 3 is 2.50 bits per heavy atom. The molecule has 36 heavy (non-hydrogen) atoms. The van der Waals surface area contributed by atoms with Gasteiger partial charge in [-0.05, 0) is 55.8 Å². The van der Waals surface area contributed by atoms with Crippen LogP contribution in [0.25, 0.3) is 5.76 Å². The first kappa shape index (κ1) is 24.9. The lowest BCUT2D eigenvalue weighted by Gasteiger charge is -2.23. The second-order valence-corrected chi connectivity index (χ2v) is 8.90. The normalized spacial score (nSPS) is 16.8. The Balaban J connectivity index is 1.90. The lowest BCUT2D eigenvalue weighted by molar-refractivity contribution is -0.132. The van der Waals surface area contributed by atoms with Gasteiger partial charge in [0.05, 0.1) is 25.3 Å². The summed E-state index contributed by atoms with van der Waals surface area (Å²) in [4.78, 5) is 27.8. The number of benzene rings is 2. The fourth-order valence-corrected chi connectivity index (χ4v) is 4.58. The fourth-order valence-electron chi connectivity index (χ4n) is 3.86. The van der Waals surface area contributed by atoms with Gasteiger partial charge in [0, 0.05) is 5.56 Å². The van der Waals surface area contributed by atoms with Crippen LogP contribution in [0.4, 0.5) is 5.13 Å². The highest BCUT2D eigenvalue weighted by atomic mass is 32.1. The van der Waals surface area contributed by atoms with E-state index >= 15 is 0 Å². The zero-order valence-corrected chi connectivity index (χ0v) is 20.9. The maximum atomic E-state index is 13.3. The van der Waals surface area contributed by atoms with E-state index in [2.05, 4.69) is 16.8 Å². The smallest absolute Gasteiger partial charge is 0.301 e. The molecule has 1 saturated heterocycles. The number of methoxy groups -OCH3 is 1. The van der Waals surface area contributed by atoms with E-state index in [0.717, 1.165) is 0 Å². The second kappa shape index (κ2) is 10.6. The molecule has 1 unspecified atom stereocenters. The van der Waals surface area contributed by atoms with E-state index in [-0.39, 0.29) is 23.1 Å². The van der Waals surface area contributed by atoms with Crippen LogP contribution >= 0.6 is 11.3 Å². The van der Waals surface area contributed by atoms with Gasteiger partial charge in [-0.1, -0.05) is 30.1 Å². The van der Waals surface area contributed by atoms with E-state index in [1.807, 2.05) is 6.92 Å². The summed E-state index contributed by atoms with van der Waals surface area (Å²) >= 11 is 1.18. The minimum absolute atomic E-state index is 0.0692. The van der Waals surface area contributed by atoms with Gasteiger partial charge in [-0.2, -0.15) is 0 Å². The number of nitrogens with zero attached hydrogens (tertiary/aromatic N) is 3. The number of aryl methyl sites for hydroxylation is 1. The lowest BCUT2D eigenvalue weighted by atomic mass is 9.95. The van der Waals surface area contributed by atoms with Crippen molar-refractivity contribution in [1.82, 2.24) is 10.2 Å². The Labute approximate surface area is 212 Å². The number of aliphatic hydroxyl groups is 1. The zero-order valence-electron chi connectivity index (χ0n) is 20.1. The number of aromatic nitrogens is 2. The number of carbonyl (C=O) groups excluding carboxylic acids is 2. The Morgan fingerprint density at radius 1 is 1.14 bits per heavy atom. The van der Waals surface area contributed by atoms with Gasteiger partial charge in [0.25, 0.3) is 5.78 Å². The summed E-state index contributed by atoms with van der Waals surface area (Å²) in [6, 6.07) is 10.7. The molecule has 1 atom stereocenters. The molecule has 4 rings (SSSR count). The Bertz CT molecular complexity index is 1330. The third kappa shape index (κ3) is 4.67. The van der Waals surface area contributed by atoms with Crippen LogP contribution in [0.5, 0.6) is 17.2 Å². The SMILES string of the molecule is C=CCOc1ccc(C2/C(=C(\O)c3ccc(OC)cc3)C(=O)C(=O)N2c2nnc(C)s2)cc1OCC. The molecular formula is C26H25N3O6S. The van der Waals surface area contributed by atoms with Crippen molar-refractivity contribution in [3.63, 3.8) is 0 Å². The number of Topliss-reactive ketones (excluding diaryl/α,β-unsaturated/α-hetero) is 1. The molecule has 10 heteroatoms. The van der Waals surface area contributed by atoms with Crippen LogP contribution in [0.1, 0.15) is 29.1 Å². The van der Waals surface area contributed by atoms with E-state index < -0.39 is 17.7 Å². The average molecular weight is 508 g/mol.